The van der Waals surface area contributed by atoms with Gasteiger partial charge in [-0.3, -0.25) is 19.4 Å². The fraction of sp³-hybridized carbons (Fsp3) is 0.368. The Kier molecular flexibility index (Phi) is 5.66. The molecule has 1 aliphatic rings. The van der Waals surface area contributed by atoms with Gasteiger partial charge in [-0.15, -0.1) is 0 Å². The van der Waals surface area contributed by atoms with Gasteiger partial charge in [-0.2, -0.15) is 5.10 Å². The maximum atomic E-state index is 12.6. The first-order valence-corrected chi connectivity index (χ1v) is 10.3. The number of piperazine rings is 1. The Balaban J connectivity index is 1.40. The van der Waals surface area contributed by atoms with E-state index in [9.17, 15) is 4.79 Å². The van der Waals surface area contributed by atoms with Crippen LogP contribution in [0.15, 0.2) is 36.9 Å². The number of fused-ring (bicyclic) bond motifs is 1. The van der Waals surface area contributed by atoms with Crippen molar-refractivity contribution in [2.24, 2.45) is 7.05 Å². The van der Waals surface area contributed by atoms with Gasteiger partial charge in [-0.1, -0.05) is 5.24 Å². The number of hydrogen-bond donors (Lipinski definition) is 1. The van der Waals surface area contributed by atoms with Crippen molar-refractivity contribution in [2.75, 3.05) is 38.0 Å². The Morgan fingerprint density at radius 3 is 2.47 bits per heavy atom. The summed E-state index contributed by atoms with van der Waals surface area (Å²) in [5.74, 6) is 0.525. The van der Waals surface area contributed by atoms with Crippen molar-refractivity contribution in [2.45, 2.75) is 5.24 Å². The van der Waals surface area contributed by atoms with Gasteiger partial charge in [-0.25, -0.2) is 4.98 Å². The van der Waals surface area contributed by atoms with Gasteiger partial charge >= 0.3 is 0 Å². The molecule has 0 spiro atoms. The fourth-order valence-corrected chi connectivity index (χ4v) is 3.78. The lowest BCUT2D eigenvalue weighted by Crippen LogP contribution is -2.59. The third kappa shape index (κ3) is 4.74. The zero-order valence-electron chi connectivity index (χ0n) is 18.1. The number of carbonyl (C=O) groups excluding carboxylic acids is 1. The number of pyridine rings is 2. The summed E-state index contributed by atoms with van der Waals surface area (Å²) < 4.78 is 1.75. The van der Waals surface area contributed by atoms with Crippen molar-refractivity contribution in [1.29, 1.82) is 0 Å². The van der Waals surface area contributed by atoms with Gasteiger partial charge in [0.05, 0.1) is 18.4 Å². The molecule has 4 rings (SSSR count). The van der Waals surface area contributed by atoms with Gasteiger partial charge in [0.2, 0.25) is 5.91 Å². The minimum atomic E-state index is -0.0346. The average molecular weight is 401 g/mol. The number of hydrogen-bond acceptors (Lipinski definition) is 6. The summed E-state index contributed by atoms with van der Waals surface area (Å²) in [6.45, 7) is 4.14. The van der Waals surface area contributed by atoms with Crippen molar-refractivity contribution >= 4 is 46.0 Å². The molecule has 0 aromatic carbocycles. The van der Waals surface area contributed by atoms with Gasteiger partial charge in [0.25, 0.3) is 0 Å². The molecule has 4 heterocycles. The van der Waals surface area contributed by atoms with Crippen molar-refractivity contribution < 1.29 is 4.79 Å². The fourth-order valence-electron chi connectivity index (χ4n) is 3.78. The molecule has 0 radical (unpaired) electrons. The normalized spacial score (nSPS) is 16.0. The molecule has 0 atom stereocenters. The SMILES string of the molecule is BC(B)(B)N1CCN(CC(=O)Nc2cc3cc(-c4cnn(C)c4)ncc3cn2)CC1. The van der Waals surface area contributed by atoms with E-state index in [-0.39, 0.29) is 11.1 Å². The molecule has 152 valence electrons. The first-order chi connectivity index (χ1) is 14.3. The van der Waals surface area contributed by atoms with Crippen LogP contribution in [0.1, 0.15) is 0 Å². The monoisotopic (exact) mass is 401 g/mol. The van der Waals surface area contributed by atoms with Crippen LogP contribution in [0.2, 0.25) is 0 Å². The number of nitrogens with zero attached hydrogens (tertiary/aromatic N) is 6. The maximum Gasteiger partial charge on any atom is 0.239 e. The number of aryl methyl sites for hydroxylation is 1. The lowest BCUT2D eigenvalue weighted by atomic mass is 9.48. The first kappa shape index (κ1) is 20.6. The van der Waals surface area contributed by atoms with Gasteiger partial charge in [-0.05, 0) is 17.5 Å². The third-order valence-electron chi connectivity index (χ3n) is 5.56. The Bertz CT molecular complexity index is 1060. The van der Waals surface area contributed by atoms with Crippen LogP contribution in [0, 0.1) is 0 Å². The van der Waals surface area contributed by atoms with Crippen molar-refractivity contribution in [3.8, 4) is 11.3 Å². The van der Waals surface area contributed by atoms with E-state index in [0.717, 1.165) is 48.2 Å². The van der Waals surface area contributed by atoms with E-state index < -0.39 is 0 Å². The summed E-state index contributed by atoms with van der Waals surface area (Å²) >= 11 is 0. The molecule has 30 heavy (non-hydrogen) atoms. The Labute approximate surface area is 179 Å². The molecule has 1 fully saturated rings. The summed E-state index contributed by atoms with van der Waals surface area (Å²) in [4.78, 5) is 26.1. The summed E-state index contributed by atoms with van der Waals surface area (Å²) in [6, 6.07) is 3.89. The van der Waals surface area contributed by atoms with E-state index in [1.807, 2.05) is 25.4 Å². The van der Waals surface area contributed by atoms with Gasteiger partial charge in [0.15, 0.2) is 0 Å². The average Bonchev–Trinajstić information content (AvgIpc) is 3.13. The van der Waals surface area contributed by atoms with Crippen LogP contribution < -0.4 is 5.32 Å². The maximum absolute atomic E-state index is 12.6. The van der Waals surface area contributed by atoms with Crippen molar-refractivity contribution in [1.82, 2.24) is 29.5 Å². The molecule has 1 N–H and O–H groups in total. The molecule has 8 nitrogen and oxygen atoms in total. The summed E-state index contributed by atoms with van der Waals surface area (Å²) in [7, 11) is 8.58. The predicted octanol–water partition coefficient (Wildman–Crippen LogP) is -1.90. The van der Waals surface area contributed by atoms with E-state index in [1.165, 1.54) is 0 Å². The van der Waals surface area contributed by atoms with E-state index in [0.29, 0.717) is 12.4 Å². The molecule has 1 saturated heterocycles. The number of aromatic nitrogens is 4. The Morgan fingerprint density at radius 1 is 1.07 bits per heavy atom. The first-order valence-electron chi connectivity index (χ1n) is 10.3. The highest BCUT2D eigenvalue weighted by atomic mass is 16.2. The van der Waals surface area contributed by atoms with Crippen LogP contribution in [-0.2, 0) is 11.8 Å². The topological polar surface area (TPSA) is 79.2 Å². The van der Waals surface area contributed by atoms with Crippen LogP contribution in [0.25, 0.3) is 22.0 Å². The summed E-state index contributed by atoms with van der Waals surface area (Å²) in [5.41, 5.74) is 1.80. The molecule has 0 unspecified atom stereocenters. The van der Waals surface area contributed by atoms with Crippen LogP contribution in [-0.4, -0.2) is 97.0 Å². The molecule has 1 aliphatic heterocycles. The van der Waals surface area contributed by atoms with E-state index in [4.69, 9.17) is 0 Å². The number of amides is 1. The Morgan fingerprint density at radius 2 is 1.80 bits per heavy atom. The minimum Gasteiger partial charge on any atom is -0.318 e. The van der Waals surface area contributed by atoms with Crippen LogP contribution in [0.5, 0.6) is 0 Å². The van der Waals surface area contributed by atoms with Crippen LogP contribution in [0.3, 0.4) is 0 Å². The van der Waals surface area contributed by atoms with Crippen LogP contribution in [0.4, 0.5) is 5.82 Å². The summed E-state index contributed by atoms with van der Waals surface area (Å²) in [6.07, 6.45) is 7.26. The molecule has 3 aromatic rings. The van der Waals surface area contributed by atoms with Crippen molar-refractivity contribution in [3.05, 3.63) is 36.9 Å². The quantitative estimate of drug-likeness (QED) is 0.504. The third-order valence-corrected chi connectivity index (χ3v) is 5.56. The zero-order valence-corrected chi connectivity index (χ0v) is 18.1. The number of rotatable bonds is 5. The van der Waals surface area contributed by atoms with E-state index in [2.05, 4.69) is 53.7 Å². The molecule has 0 aliphatic carbocycles. The molecule has 11 heteroatoms. The summed E-state index contributed by atoms with van der Waals surface area (Å²) in [5, 5.41) is 9.23. The number of anilines is 1. The minimum absolute atomic E-state index is 0.0346. The smallest absolute Gasteiger partial charge is 0.239 e. The number of nitrogens with one attached hydrogen (secondary N) is 1. The number of carbonyl (C=O) groups is 1. The predicted molar refractivity (Wildman–Crippen MR) is 127 cm³/mol. The highest BCUT2D eigenvalue weighted by Crippen LogP contribution is 2.22. The molecular formula is C19H26B3N7O. The second kappa shape index (κ2) is 8.24. The second-order valence-corrected chi connectivity index (χ2v) is 8.87. The molecule has 0 bridgehead atoms. The standard InChI is InChI=1S/C19H26B3N7O/c1-27-11-15(10-25-27)16-6-13-7-17(24-9-14(13)8-23-16)26-18(30)12-28-2-4-29(5-3-28)19(20,21)22/h6-11H,2-5,12,20-22H2,1H3,(H,24,26,30). The Hall–Kier alpha value is -2.65. The lowest BCUT2D eigenvalue weighted by molar-refractivity contribution is -0.117. The molecular weight excluding hydrogens is 375 g/mol. The molecule has 0 saturated carbocycles. The molecule has 1 amide bonds. The highest BCUT2D eigenvalue weighted by Gasteiger charge is 2.26. The lowest BCUT2D eigenvalue weighted by Gasteiger charge is -2.42. The molecule has 3 aromatic heterocycles. The van der Waals surface area contributed by atoms with Crippen LogP contribution >= 0.6 is 0 Å². The van der Waals surface area contributed by atoms with E-state index >= 15 is 0 Å². The largest absolute Gasteiger partial charge is 0.318 e. The highest BCUT2D eigenvalue weighted by molar-refractivity contribution is 6.59. The second-order valence-electron chi connectivity index (χ2n) is 8.87. The van der Waals surface area contributed by atoms with Gasteiger partial charge < -0.3 is 10.2 Å². The van der Waals surface area contributed by atoms with Gasteiger partial charge in [0.1, 0.15) is 29.4 Å². The zero-order chi connectivity index (χ0) is 21.3. The van der Waals surface area contributed by atoms with Crippen molar-refractivity contribution in [3.63, 3.8) is 0 Å². The van der Waals surface area contributed by atoms with E-state index in [1.54, 1.807) is 23.3 Å². The van der Waals surface area contributed by atoms with Gasteiger partial charge in [0, 0.05) is 62.8 Å².